The molecule has 0 spiro atoms. The van der Waals surface area contributed by atoms with Gasteiger partial charge in [-0.3, -0.25) is 9.78 Å². The number of hydrogen-bond acceptors (Lipinski definition) is 3. The lowest BCUT2D eigenvalue weighted by atomic mass is 10.1. The van der Waals surface area contributed by atoms with Crippen LogP contribution in [0.4, 0.5) is 0 Å². The van der Waals surface area contributed by atoms with Crippen LogP contribution in [-0.2, 0) is 11.3 Å². The summed E-state index contributed by atoms with van der Waals surface area (Å²) in [5.74, 6) is 0.531. The first-order chi connectivity index (χ1) is 7.70. The van der Waals surface area contributed by atoms with Gasteiger partial charge in [0.1, 0.15) is 0 Å². The molecule has 0 bridgehead atoms. The van der Waals surface area contributed by atoms with Gasteiger partial charge in [0.2, 0.25) is 5.91 Å². The molecular formula is C12H17N3O. The molecule has 1 atom stereocenters. The molecule has 2 N–H and O–H groups in total. The number of nitrogens with two attached hydrogens (primary N) is 1. The summed E-state index contributed by atoms with van der Waals surface area (Å²) in [5.41, 5.74) is 7.89. The normalized spacial score (nSPS) is 20.5. The molecule has 1 unspecified atom stereocenters. The van der Waals surface area contributed by atoms with Crippen LogP contribution in [0.2, 0.25) is 0 Å². The van der Waals surface area contributed by atoms with Gasteiger partial charge in [-0.25, -0.2) is 0 Å². The number of aromatic nitrogens is 1. The first kappa shape index (κ1) is 11.1. The molecule has 0 radical (unpaired) electrons. The molecule has 0 aromatic carbocycles. The lowest BCUT2D eigenvalue weighted by molar-refractivity contribution is -0.128. The quantitative estimate of drug-likeness (QED) is 0.814. The predicted octanol–water partition coefficient (Wildman–Crippen LogP) is 0.697. The molecule has 1 amide bonds. The van der Waals surface area contributed by atoms with Crippen molar-refractivity contribution in [2.24, 2.45) is 11.7 Å². The first-order valence-electron chi connectivity index (χ1n) is 5.58. The Morgan fingerprint density at radius 3 is 3.06 bits per heavy atom. The Labute approximate surface area is 95.5 Å². The van der Waals surface area contributed by atoms with Gasteiger partial charge in [-0.15, -0.1) is 0 Å². The molecule has 4 nitrogen and oxygen atoms in total. The molecule has 16 heavy (non-hydrogen) atoms. The fourth-order valence-electron chi connectivity index (χ4n) is 2.03. The van der Waals surface area contributed by atoms with Crippen molar-refractivity contribution in [2.45, 2.75) is 19.9 Å². The second kappa shape index (κ2) is 4.61. The van der Waals surface area contributed by atoms with Crippen LogP contribution >= 0.6 is 0 Å². The van der Waals surface area contributed by atoms with Gasteiger partial charge in [0.25, 0.3) is 0 Å². The topological polar surface area (TPSA) is 59.2 Å². The van der Waals surface area contributed by atoms with E-state index in [2.05, 4.69) is 4.98 Å². The van der Waals surface area contributed by atoms with Gasteiger partial charge in [-0.2, -0.15) is 0 Å². The summed E-state index contributed by atoms with van der Waals surface area (Å²) in [5, 5.41) is 0. The number of amides is 1. The highest BCUT2D eigenvalue weighted by Gasteiger charge is 2.28. The third kappa shape index (κ3) is 2.22. The second-order valence-corrected chi connectivity index (χ2v) is 4.38. The maximum atomic E-state index is 11.7. The fourth-order valence-corrected chi connectivity index (χ4v) is 2.03. The van der Waals surface area contributed by atoms with E-state index in [0.29, 0.717) is 25.4 Å². The maximum absolute atomic E-state index is 11.7. The third-order valence-electron chi connectivity index (χ3n) is 3.14. The highest BCUT2D eigenvalue weighted by Crippen LogP contribution is 2.19. The zero-order valence-electron chi connectivity index (χ0n) is 9.52. The highest BCUT2D eigenvalue weighted by atomic mass is 16.2. The third-order valence-corrected chi connectivity index (χ3v) is 3.14. The highest BCUT2D eigenvalue weighted by molar-refractivity contribution is 5.78. The molecule has 2 heterocycles. The lowest BCUT2D eigenvalue weighted by Gasteiger charge is -2.17. The smallest absolute Gasteiger partial charge is 0.223 e. The minimum Gasteiger partial charge on any atom is -0.338 e. The van der Waals surface area contributed by atoms with Crippen LogP contribution in [0.15, 0.2) is 18.5 Å². The number of hydrogen-bond donors (Lipinski definition) is 1. The molecule has 0 saturated carbocycles. The molecule has 1 aromatic rings. The van der Waals surface area contributed by atoms with Crippen LogP contribution in [0.1, 0.15) is 17.5 Å². The molecule has 86 valence electrons. The zero-order chi connectivity index (χ0) is 11.5. The van der Waals surface area contributed by atoms with Crippen molar-refractivity contribution in [1.82, 2.24) is 9.88 Å². The molecule has 1 aromatic heterocycles. The lowest BCUT2D eigenvalue weighted by Crippen LogP contribution is -2.26. The van der Waals surface area contributed by atoms with E-state index in [1.54, 1.807) is 6.20 Å². The van der Waals surface area contributed by atoms with E-state index in [0.717, 1.165) is 12.1 Å². The van der Waals surface area contributed by atoms with E-state index in [9.17, 15) is 4.79 Å². The van der Waals surface area contributed by atoms with Crippen molar-refractivity contribution in [3.8, 4) is 0 Å². The molecule has 4 heteroatoms. The van der Waals surface area contributed by atoms with Crippen molar-refractivity contribution in [3.63, 3.8) is 0 Å². The van der Waals surface area contributed by atoms with Crippen molar-refractivity contribution in [1.29, 1.82) is 0 Å². The summed E-state index contributed by atoms with van der Waals surface area (Å²) >= 11 is 0. The minimum atomic E-state index is 0.207. The van der Waals surface area contributed by atoms with Gasteiger partial charge in [0, 0.05) is 31.9 Å². The Kier molecular flexibility index (Phi) is 3.19. The summed E-state index contributed by atoms with van der Waals surface area (Å²) in [6, 6.07) is 1.97. The van der Waals surface area contributed by atoms with Gasteiger partial charge < -0.3 is 10.6 Å². The molecule has 1 saturated heterocycles. The zero-order valence-corrected chi connectivity index (χ0v) is 9.52. The molecule has 0 aliphatic carbocycles. The van der Waals surface area contributed by atoms with E-state index in [4.69, 9.17) is 5.73 Å². The standard InChI is InChI=1S/C12H17N3O/c1-9-2-3-14-6-11(9)8-15-7-10(5-13)4-12(15)16/h2-3,6,10H,4-5,7-8,13H2,1H3. The average Bonchev–Trinajstić information content (AvgIpc) is 2.63. The van der Waals surface area contributed by atoms with Crippen molar-refractivity contribution >= 4 is 5.91 Å². The van der Waals surface area contributed by atoms with Crippen molar-refractivity contribution < 1.29 is 4.79 Å². The largest absolute Gasteiger partial charge is 0.338 e. The van der Waals surface area contributed by atoms with Crippen molar-refractivity contribution in [2.75, 3.05) is 13.1 Å². The number of rotatable bonds is 3. The molecule has 2 rings (SSSR count). The predicted molar refractivity (Wildman–Crippen MR) is 61.6 cm³/mol. The van der Waals surface area contributed by atoms with Gasteiger partial charge in [0.05, 0.1) is 0 Å². The monoisotopic (exact) mass is 219 g/mol. The fraction of sp³-hybridized carbons (Fsp3) is 0.500. The van der Waals surface area contributed by atoms with E-state index in [1.165, 1.54) is 5.56 Å². The van der Waals surface area contributed by atoms with E-state index in [-0.39, 0.29) is 5.91 Å². The van der Waals surface area contributed by atoms with Crippen molar-refractivity contribution in [3.05, 3.63) is 29.6 Å². The van der Waals surface area contributed by atoms with Gasteiger partial charge >= 0.3 is 0 Å². The summed E-state index contributed by atoms with van der Waals surface area (Å²) in [4.78, 5) is 17.7. The van der Waals surface area contributed by atoms with E-state index >= 15 is 0 Å². The molecule has 1 aliphatic rings. The average molecular weight is 219 g/mol. The van der Waals surface area contributed by atoms with E-state index in [1.807, 2.05) is 24.1 Å². The van der Waals surface area contributed by atoms with Crippen LogP contribution in [0.3, 0.4) is 0 Å². The van der Waals surface area contributed by atoms with Gasteiger partial charge in [-0.05, 0) is 36.6 Å². The number of nitrogens with zero attached hydrogens (tertiary/aromatic N) is 2. The number of likely N-dealkylation sites (tertiary alicyclic amines) is 1. The Morgan fingerprint density at radius 1 is 1.62 bits per heavy atom. The Bertz CT molecular complexity index is 392. The number of carbonyl (C=O) groups is 1. The van der Waals surface area contributed by atoms with Crippen LogP contribution in [-0.4, -0.2) is 28.9 Å². The summed E-state index contributed by atoms with van der Waals surface area (Å²) < 4.78 is 0. The number of aryl methyl sites for hydroxylation is 1. The molecular weight excluding hydrogens is 202 g/mol. The van der Waals surface area contributed by atoms with E-state index < -0.39 is 0 Å². The first-order valence-corrected chi connectivity index (χ1v) is 5.58. The summed E-state index contributed by atoms with van der Waals surface area (Å²) in [7, 11) is 0. The molecule has 1 aliphatic heterocycles. The van der Waals surface area contributed by atoms with Crippen LogP contribution in [0.25, 0.3) is 0 Å². The Hall–Kier alpha value is -1.42. The maximum Gasteiger partial charge on any atom is 0.223 e. The number of pyridine rings is 1. The Balaban J connectivity index is 2.06. The molecule has 1 fully saturated rings. The van der Waals surface area contributed by atoms with Crippen LogP contribution < -0.4 is 5.73 Å². The Morgan fingerprint density at radius 2 is 2.44 bits per heavy atom. The second-order valence-electron chi connectivity index (χ2n) is 4.38. The summed E-state index contributed by atoms with van der Waals surface area (Å²) in [6.45, 7) is 4.07. The van der Waals surface area contributed by atoms with Gasteiger partial charge in [-0.1, -0.05) is 0 Å². The SMILES string of the molecule is Cc1ccncc1CN1CC(CN)CC1=O. The van der Waals surface area contributed by atoms with Crippen LogP contribution in [0.5, 0.6) is 0 Å². The number of carbonyl (C=O) groups excluding carboxylic acids is 1. The van der Waals surface area contributed by atoms with Crippen LogP contribution in [0, 0.1) is 12.8 Å². The minimum absolute atomic E-state index is 0.207. The van der Waals surface area contributed by atoms with Gasteiger partial charge in [0.15, 0.2) is 0 Å². The summed E-state index contributed by atoms with van der Waals surface area (Å²) in [6.07, 6.45) is 4.20.